The molecule has 1 aliphatic rings. The van der Waals surface area contributed by atoms with E-state index < -0.39 is 16.1 Å². The molecule has 3 heterocycles. The minimum absolute atomic E-state index is 0.345. The molecule has 1 atom stereocenters. The van der Waals surface area contributed by atoms with Crippen LogP contribution in [0.1, 0.15) is 37.9 Å². The first-order chi connectivity index (χ1) is 14.4. The fourth-order valence-electron chi connectivity index (χ4n) is 3.39. The molecule has 4 rings (SSSR count). The van der Waals surface area contributed by atoms with E-state index in [1.807, 2.05) is 24.3 Å². The molecule has 30 heavy (non-hydrogen) atoms. The molecule has 0 radical (unpaired) electrons. The summed E-state index contributed by atoms with van der Waals surface area (Å²) in [5.41, 5.74) is 2.22. The minimum atomic E-state index is -3.45. The molecule has 1 fully saturated rings. The number of hydrogen-bond acceptors (Lipinski definition) is 7. The lowest BCUT2D eigenvalue weighted by molar-refractivity contribution is 0.199. The van der Waals surface area contributed by atoms with Gasteiger partial charge in [-0.2, -0.15) is 4.31 Å². The van der Waals surface area contributed by atoms with E-state index in [1.165, 1.54) is 11.3 Å². The van der Waals surface area contributed by atoms with E-state index in [0.29, 0.717) is 28.9 Å². The first kappa shape index (κ1) is 20.9. The van der Waals surface area contributed by atoms with Crippen LogP contribution in [-0.4, -0.2) is 40.9 Å². The van der Waals surface area contributed by atoms with Gasteiger partial charge < -0.3 is 10.4 Å². The number of nitrogens with one attached hydrogen (secondary N) is 1. The number of nitrogens with zero attached hydrogens (tertiary/aromatic N) is 3. The van der Waals surface area contributed by atoms with Gasteiger partial charge in [-0.15, -0.1) is 11.3 Å². The van der Waals surface area contributed by atoms with Crippen molar-refractivity contribution in [3.05, 3.63) is 54.2 Å². The van der Waals surface area contributed by atoms with Crippen LogP contribution in [-0.2, 0) is 10.0 Å². The van der Waals surface area contributed by atoms with Crippen LogP contribution in [0.4, 0.5) is 11.6 Å². The number of aromatic nitrogens is 2. The van der Waals surface area contributed by atoms with Gasteiger partial charge in [0.15, 0.2) is 0 Å². The van der Waals surface area contributed by atoms with Crippen molar-refractivity contribution in [2.24, 2.45) is 0 Å². The van der Waals surface area contributed by atoms with Crippen LogP contribution in [0.2, 0.25) is 0 Å². The molecule has 2 aromatic heterocycles. The molecule has 1 saturated heterocycles. The van der Waals surface area contributed by atoms with E-state index in [2.05, 4.69) is 15.3 Å². The van der Waals surface area contributed by atoms with Gasteiger partial charge in [0.2, 0.25) is 5.95 Å². The van der Waals surface area contributed by atoms with E-state index in [9.17, 15) is 13.5 Å². The Bertz CT molecular complexity index is 1120. The molecule has 0 spiro atoms. The molecule has 1 aliphatic heterocycles. The summed E-state index contributed by atoms with van der Waals surface area (Å²) in [6.07, 6.45) is 3.98. The Labute approximate surface area is 180 Å². The summed E-state index contributed by atoms with van der Waals surface area (Å²) in [7, 11) is -3.45. The molecule has 9 heteroatoms. The second-order valence-electron chi connectivity index (χ2n) is 7.28. The summed E-state index contributed by atoms with van der Waals surface area (Å²) in [6, 6.07) is 12.6. The third kappa shape index (κ3) is 4.54. The fraction of sp³-hybridized carbons (Fsp3) is 0.333. The van der Waals surface area contributed by atoms with Crippen LogP contribution in [0, 0.1) is 0 Å². The number of anilines is 2. The first-order valence-electron chi connectivity index (χ1n) is 9.92. The van der Waals surface area contributed by atoms with Gasteiger partial charge in [-0.05, 0) is 55.7 Å². The number of aliphatic hydroxyl groups is 1. The van der Waals surface area contributed by atoms with Crippen molar-refractivity contribution < 1.29 is 13.5 Å². The summed E-state index contributed by atoms with van der Waals surface area (Å²) in [5.74, 6) is 0.407. The molecule has 0 aliphatic carbocycles. The van der Waals surface area contributed by atoms with Crippen LogP contribution in [0.25, 0.3) is 10.6 Å². The Morgan fingerprint density at radius 1 is 1.13 bits per heavy atom. The number of benzene rings is 1. The van der Waals surface area contributed by atoms with Crippen molar-refractivity contribution in [1.82, 2.24) is 14.3 Å². The van der Waals surface area contributed by atoms with Gasteiger partial charge in [-0.25, -0.2) is 18.4 Å². The van der Waals surface area contributed by atoms with Crippen LogP contribution in [0.5, 0.6) is 0 Å². The van der Waals surface area contributed by atoms with Crippen molar-refractivity contribution in [3.8, 4) is 10.6 Å². The van der Waals surface area contributed by atoms with Crippen molar-refractivity contribution >= 4 is 33.0 Å². The number of hydrogen-bond donors (Lipinski definition) is 2. The number of thiophene rings is 1. The van der Waals surface area contributed by atoms with Crippen LogP contribution in [0.3, 0.4) is 0 Å². The lowest BCUT2D eigenvalue weighted by Crippen LogP contribution is -2.35. The summed E-state index contributed by atoms with van der Waals surface area (Å²) in [4.78, 5) is 9.57. The van der Waals surface area contributed by atoms with Gasteiger partial charge in [-0.3, -0.25) is 0 Å². The number of aliphatic hydroxyl groups excluding tert-OH is 1. The zero-order valence-corrected chi connectivity index (χ0v) is 18.3. The average Bonchev–Trinajstić information content (AvgIpc) is 3.26. The Hall–Kier alpha value is -2.33. The molecular formula is C21H24N4O3S2. The van der Waals surface area contributed by atoms with Crippen molar-refractivity contribution in [3.63, 3.8) is 0 Å². The maximum absolute atomic E-state index is 12.9. The molecule has 7 nitrogen and oxygen atoms in total. The highest BCUT2D eigenvalue weighted by molar-refractivity contribution is 7.91. The summed E-state index contributed by atoms with van der Waals surface area (Å²) >= 11 is 1.23. The zero-order valence-electron chi connectivity index (χ0n) is 16.7. The topological polar surface area (TPSA) is 95.4 Å². The van der Waals surface area contributed by atoms with Gasteiger partial charge in [0.05, 0.1) is 16.7 Å². The first-order valence-corrected chi connectivity index (χ1v) is 12.2. The minimum Gasteiger partial charge on any atom is -0.389 e. The van der Waals surface area contributed by atoms with Crippen molar-refractivity contribution in [2.45, 2.75) is 36.5 Å². The molecular weight excluding hydrogens is 420 g/mol. The molecule has 158 valence electrons. The second-order valence-corrected chi connectivity index (χ2v) is 10.5. The molecule has 3 aromatic rings. The Morgan fingerprint density at radius 2 is 1.93 bits per heavy atom. The van der Waals surface area contributed by atoms with Crippen molar-refractivity contribution in [2.75, 3.05) is 18.4 Å². The van der Waals surface area contributed by atoms with Gasteiger partial charge in [-0.1, -0.05) is 18.6 Å². The third-order valence-electron chi connectivity index (χ3n) is 5.02. The highest BCUT2D eigenvalue weighted by atomic mass is 32.2. The van der Waals surface area contributed by atoms with E-state index in [1.54, 1.807) is 35.6 Å². The van der Waals surface area contributed by atoms with E-state index in [-0.39, 0.29) is 0 Å². The Balaban J connectivity index is 1.55. The van der Waals surface area contributed by atoms with Gasteiger partial charge >= 0.3 is 0 Å². The van der Waals surface area contributed by atoms with Crippen LogP contribution >= 0.6 is 11.3 Å². The predicted octanol–water partition coefficient (Wildman–Crippen LogP) is 4.18. The molecule has 1 aromatic carbocycles. The Morgan fingerprint density at radius 3 is 2.70 bits per heavy atom. The summed E-state index contributed by atoms with van der Waals surface area (Å²) in [6.45, 7) is 2.88. The monoisotopic (exact) mass is 444 g/mol. The normalized spacial score (nSPS) is 16.3. The standard InChI is InChI=1S/C21H24N4O3S2/c1-15(26)16-6-5-7-17(14-16)23-21-22-11-10-18(24-21)19-8-9-20(29-19)30(27,28)25-12-3-2-4-13-25/h5-11,14-15,26H,2-4,12-13H2,1H3,(H,22,23,24). The lowest BCUT2D eigenvalue weighted by Gasteiger charge is -2.25. The third-order valence-corrected chi connectivity index (χ3v) is 8.50. The maximum Gasteiger partial charge on any atom is 0.252 e. The largest absolute Gasteiger partial charge is 0.389 e. The zero-order chi connectivity index (χ0) is 21.1. The molecule has 0 amide bonds. The lowest BCUT2D eigenvalue weighted by atomic mass is 10.1. The predicted molar refractivity (Wildman–Crippen MR) is 118 cm³/mol. The molecule has 1 unspecified atom stereocenters. The smallest absolute Gasteiger partial charge is 0.252 e. The molecule has 2 N–H and O–H groups in total. The quantitative estimate of drug-likeness (QED) is 0.592. The second kappa shape index (κ2) is 8.81. The number of rotatable bonds is 6. The summed E-state index contributed by atoms with van der Waals surface area (Å²) in [5, 5.41) is 12.9. The summed E-state index contributed by atoms with van der Waals surface area (Å²) < 4.78 is 27.7. The van der Waals surface area contributed by atoms with E-state index in [4.69, 9.17) is 0 Å². The van der Waals surface area contributed by atoms with Crippen LogP contribution < -0.4 is 5.32 Å². The maximum atomic E-state index is 12.9. The fourth-order valence-corrected chi connectivity index (χ4v) is 6.34. The average molecular weight is 445 g/mol. The van der Waals surface area contributed by atoms with E-state index in [0.717, 1.165) is 35.4 Å². The van der Waals surface area contributed by atoms with Gasteiger partial charge in [0, 0.05) is 25.0 Å². The van der Waals surface area contributed by atoms with Crippen molar-refractivity contribution in [1.29, 1.82) is 0 Å². The van der Waals surface area contributed by atoms with Gasteiger partial charge in [0.25, 0.3) is 10.0 Å². The number of sulfonamides is 1. The van der Waals surface area contributed by atoms with E-state index >= 15 is 0 Å². The van der Waals surface area contributed by atoms with Gasteiger partial charge in [0.1, 0.15) is 4.21 Å². The SMILES string of the molecule is CC(O)c1cccc(Nc2nccc(-c3ccc(S(=O)(=O)N4CCCCC4)s3)n2)c1. The molecule has 0 saturated carbocycles. The number of piperidine rings is 1. The highest BCUT2D eigenvalue weighted by Gasteiger charge is 2.27. The molecule has 0 bridgehead atoms. The highest BCUT2D eigenvalue weighted by Crippen LogP contribution is 2.32. The Kier molecular flexibility index (Phi) is 6.14. The van der Waals surface area contributed by atoms with Crippen LogP contribution in [0.15, 0.2) is 52.9 Å².